The minimum absolute atomic E-state index is 0.0750. The van der Waals surface area contributed by atoms with Crippen LogP contribution in [0.25, 0.3) is 0 Å². The van der Waals surface area contributed by atoms with Crippen molar-refractivity contribution in [1.82, 2.24) is 0 Å². The summed E-state index contributed by atoms with van der Waals surface area (Å²) in [6, 6.07) is 10.6. The summed E-state index contributed by atoms with van der Waals surface area (Å²) in [7, 11) is 0. The van der Waals surface area contributed by atoms with Gasteiger partial charge in [0, 0.05) is 0 Å². The van der Waals surface area contributed by atoms with Crippen LogP contribution in [0.1, 0.15) is 5.56 Å². The Morgan fingerprint density at radius 3 is 2.52 bits per heavy atom. The molecule has 0 atom stereocenters. The van der Waals surface area contributed by atoms with E-state index < -0.39 is 0 Å². The van der Waals surface area contributed by atoms with Crippen molar-refractivity contribution in [2.24, 2.45) is 0 Å². The predicted octanol–water partition coefficient (Wildman–Crippen LogP) is 5.01. The molecule has 2 N–H and O–H groups in total. The summed E-state index contributed by atoms with van der Waals surface area (Å²) in [6.07, 6.45) is 0. The number of carbonyl (C=O) groups excluding carboxylic acids is 1. The molecule has 0 spiro atoms. The SMILES string of the molecule is Cc1ccc(NCC(=O)Nc2cccc(Cl)c2Cl)c(Cl)c1. The highest BCUT2D eigenvalue weighted by molar-refractivity contribution is 6.44. The third-order valence-corrected chi connectivity index (χ3v) is 3.92. The van der Waals surface area contributed by atoms with E-state index >= 15 is 0 Å². The van der Waals surface area contributed by atoms with Gasteiger partial charge in [-0.25, -0.2) is 0 Å². The number of anilines is 2. The molecule has 0 unspecified atom stereocenters. The second kappa shape index (κ2) is 7.03. The number of hydrogen-bond donors (Lipinski definition) is 2. The standard InChI is InChI=1S/C15H13Cl3N2O/c1-9-5-6-12(11(17)7-9)19-8-14(21)20-13-4-2-3-10(16)15(13)18/h2-7,19H,8H2,1H3,(H,20,21). The normalized spacial score (nSPS) is 10.3. The molecule has 2 aromatic carbocycles. The Morgan fingerprint density at radius 1 is 1.05 bits per heavy atom. The molecule has 0 aliphatic heterocycles. The van der Waals surface area contributed by atoms with Crippen LogP contribution < -0.4 is 10.6 Å². The van der Waals surface area contributed by atoms with Gasteiger partial charge >= 0.3 is 0 Å². The molecule has 0 saturated heterocycles. The first-order chi connectivity index (χ1) is 9.97. The molecule has 0 aliphatic rings. The molecule has 0 saturated carbocycles. The molecular weight excluding hydrogens is 331 g/mol. The van der Waals surface area contributed by atoms with E-state index in [1.165, 1.54) is 0 Å². The average Bonchev–Trinajstić information content (AvgIpc) is 2.43. The summed E-state index contributed by atoms with van der Waals surface area (Å²) < 4.78 is 0. The van der Waals surface area contributed by atoms with Crippen LogP contribution in [0.4, 0.5) is 11.4 Å². The lowest BCUT2D eigenvalue weighted by molar-refractivity contribution is -0.114. The molecular formula is C15H13Cl3N2O. The van der Waals surface area contributed by atoms with Crippen LogP contribution in [0, 0.1) is 6.92 Å². The van der Waals surface area contributed by atoms with E-state index in [-0.39, 0.29) is 12.5 Å². The molecule has 2 aromatic rings. The Kier molecular flexibility index (Phi) is 5.34. The van der Waals surface area contributed by atoms with E-state index in [0.29, 0.717) is 26.4 Å². The summed E-state index contributed by atoms with van der Waals surface area (Å²) in [4.78, 5) is 11.9. The van der Waals surface area contributed by atoms with Gasteiger partial charge < -0.3 is 10.6 Å². The second-order valence-electron chi connectivity index (χ2n) is 4.49. The average molecular weight is 344 g/mol. The largest absolute Gasteiger partial charge is 0.375 e. The van der Waals surface area contributed by atoms with E-state index in [1.54, 1.807) is 18.2 Å². The Bertz CT molecular complexity index is 674. The zero-order valence-electron chi connectivity index (χ0n) is 11.2. The van der Waals surface area contributed by atoms with Crippen LogP contribution in [0.3, 0.4) is 0 Å². The second-order valence-corrected chi connectivity index (χ2v) is 5.68. The minimum Gasteiger partial charge on any atom is -0.375 e. The Morgan fingerprint density at radius 2 is 1.81 bits per heavy atom. The molecule has 0 fully saturated rings. The van der Waals surface area contributed by atoms with Crippen molar-refractivity contribution in [3.8, 4) is 0 Å². The molecule has 3 nitrogen and oxygen atoms in total. The van der Waals surface area contributed by atoms with Crippen LogP contribution in [0.2, 0.25) is 15.1 Å². The Labute approximate surface area is 138 Å². The fraction of sp³-hybridized carbons (Fsp3) is 0.133. The highest BCUT2D eigenvalue weighted by Gasteiger charge is 2.09. The quantitative estimate of drug-likeness (QED) is 0.819. The van der Waals surface area contributed by atoms with Crippen LogP contribution >= 0.6 is 34.8 Å². The molecule has 21 heavy (non-hydrogen) atoms. The zero-order valence-corrected chi connectivity index (χ0v) is 13.5. The van der Waals surface area contributed by atoms with Crippen molar-refractivity contribution in [2.45, 2.75) is 6.92 Å². The van der Waals surface area contributed by atoms with Gasteiger partial charge in [0.25, 0.3) is 0 Å². The van der Waals surface area contributed by atoms with Gasteiger partial charge in [-0.15, -0.1) is 0 Å². The van der Waals surface area contributed by atoms with E-state index in [1.807, 2.05) is 25.1 Å². The van der Waals surface area contributed by atoms with Crippen LogP contribution in [0.15, 0.2) is 36.4 Å². The molecule has 6 heteroatoms. The van der Waals surface area contributed by atoms with Crippen molar-refractivity contribution >= 4 is 52.1 Å². The van der Waals surface area contributed by atoms with Crippen molar-refractivity contribution < 1.29 is 4.79 Å². The lowest BCUT2D eigenvalue weighted by Gasteiger charge is -2.11. The van der Waals surface area contributed by atoms with E-state index in [0.717, 1.165) is 5.56 Å². The molecule has 0 aliphatic carbocycles. The summed E-state index contributed by atoms with van der Waals surface area (Å²) in [5.74, 6) is -0.240. The van der Waals surface area contributed by atoms with E-state index in [2.05, 4.69) is 10.6 Å². The number of aryl methyl sites for hydroxylation is 1. The summed E-state index contributed by atoms with van der Waals surface area (Å²) >= 11 is 18.0. The predicted molar refractivity (Wildman–Crippen MR) is 89.8 cm³/mol. The molecule has 1 amide bonds. The number of amides is 1. The lowest BCUT2D eigenvalue weighted by atomic mass is 10.2. The molecule has 0 aromatic heterocycles. The number of nitrogens with one attached hydrogen (secondary N) is 2. The van der Waals surface area contributed by atoms with Gasteiger partial charge in [-0.1, -0.05) is 46.9 Å². The first kappa shape index (κ1) is 16.0. The van der Waals surface area contributed by atoms with E-state index in [4.69, 9.17) is 34.8 Å². The smallest absolute Gasteiger partial charge is 0.243 e. The van der Waals surface area contributed by atoms with Crippen LogP contribution in [0.5, 0.6) is 0 Å². The number of carbonyl (C=O) groups is 1. The first-order valence-corrected chi connectivity index (χ1v) is 7.34. The van der Waals surface area contributed by atoms with Gasteiger partial charge in [0.05, 0.1) is 33.0 Å². The van der Waals surface area contributed by atoms with Gasteiger partial charge in [-0.05, 0) is 36.8 Å². The maximum atomic E-state index is 11.9. The number of rotatable bonds is 4. The van der Waals surface area contributed by atoms with Gasteiger partial charge in [-0.2, -0.15) is 0 Å². The van der Waals surface area contributed by atoms with Gasteiger partial charge in [0.1, 0.15) is 0 Å². The van der Waals surface area contributed by atoms with Gasteiger partial charge in [-0.3, -0.25) is 4.79 Å². The van der Waals surface area contributed by atoms with E-state index in [9.17, 15) is 4.79 Å². The van der Waals surface area contributed by atoms with Crippen LogP contribution in [-0.4, -0.2) is 12.5 Å². The van der Waals surface area contributed by atoms with Gasteiger partial charge in [0.2, 0.25) is 5.91 Å². The van der Waals surface area contributed by atoms with Crippen molar-refractivity contribution in [3.63, 3.8) is 0 Å². The summed E-state index contributed by atoms with van der Waals surface area (Å²) in [5, 5.41) is 6.95. The number of halogens is 3. The Balaban J connectivity index is 1.97. The van der Waals surface area contributed by atoms with Crippen LogP contribution in [-0.2, 0) is 4.79 Å². The maximum Gasteiger partial charge on any atom is 0.243 e. The third-order valence-electron chi connectivity index (χ3n) is 2.79. The number of hydrogen-bond acceptors (Lipinski definition) is 2. The molecule has 0 radical (unpaired) electrons. The maximum absolute atomic E-state index is 11.9. The fourth-order valence-corrected chi connectivity index (χ4v) is 2.38. The van der Waals surface area contributed by atoms with Crippen molar-refractivity contribution in [3.05, 3.63) is 57.0 Å². The Hall–Kier alpha value is -1.42. The fourth-order valence-electron chi connectivity index (χ4n) is 1.73. The van der Waals surface area contributed by atoms with Gasteiger partial charge in [0.15, 0.2) is 0 Å². The summed E-state index contributed by atoms with van der Waals surface area (Å²) in [5.41, 5.74) is 2.24. The summed E-state index contributed by atoms with van der Waals surface area (Å²) in [6.45, 7) is 2.02. The lowest BCUT2D eigenvalue weighted by Crippen LogP contribution is -2.22. The first-order valence-electron chi connectivity index (χ1n) is 6.21. The third kappa shape index (κ3) is 4.27. The van der Waals surface area contributed by atoms with Crippen molar-refractivity contribution in [1.29, 1.82) is 0 Å². The number of benzene rings is 2. The molecule has 2 rings (SSSR count). The minimum atomic E-state index is -0.240. The molecule has 110 valence electrons. The van der Waals surface area contributed by atoms with Crippen molar-refractivity contribution in [2.75, 3.05) is 17.2 Å². The molecule has 0 bridgehead atoms. The highest BCUT2D eigenvalue weighted by Crippen LogP contribution is 2.29. The highest BCUT2D eigenvalue weighted by atomic mass is 35.5. The topological polar surface area (TPSA) is 41.1 Å². The molecule has 0 heterocycles. The monoisotopic (exact) mass is 342 g/mol. The zero-order chi connectivity index (χ0) is 15.4.